The van der Waals surface area contributed by atoms with Crippen molar-refractivity contribution in [3.8, 4) is 22.7 Å². The van der Waals surface area contributed by atoms with E-state index in [1.165, 1.54) is 30.1 Å². The van der Waals surface area contributed by atoms with Gasteiger partial charge in [0.15, 0.2) is 0 Å². The summed E-state index contributed by atoms with van der Waals surface area (Å²) in [6.45, 7) is 0. The van der Waals surface area contributed by atoms with E-state index in [-0.39, 0.29) is 22.3 Å². The first-order chi connectivity index (χ1) is 17.4. The van der Waals surface area contributed by atoms with Crippen LogP contribution in [0.2, 0.25) is 0 Å². The number of fused-ring (bicyclic) bond motifs is 1. The zero-order valence-electron chi connectivity index (χ0n) is 19.0. The quantitative estimate of drug-likeness (QED) is 0.362. The molecule has 3 aromatic heterocycles. The molecule has 180 valence electrons. The second-order valence-electron chi connectivity index (χ2n) is 7.76. The highest BCUT2D eigenvalue weighted by molar-refractivity contribution is 7.92. The highest BCUT2D eigenvalue weighted by Gasteiger charge is 2.22. The van der Waals surface area contributed by atoms with Gasteiger partial charge in [0.05, 0.1) is 29.9 Å². The SMILES string of the molecule is COc1ncc(-c2ccc3nc(N)n(-c4cccnc4)c(=O)c3c2)cc1S(=O)(=O)Nc1ccccc1. The number of nitrogens with zero attached hydrogens (tertiary/aromatic N) is 4. The van der Waals surface area contributed by atoms with Crippen LogP contribution in [0.3, 0.4) is 0 Å². The van der Waals surface area contributed by atoms with Gasteiger partial charge in [-0.05, 0) is 48.0 Å². The summed E-state index contributed by atoms with van der Waals surface area (Å²) in [5, 5.41) is 0.299. The van der Waals surface area contributed by atoms with Gasteiger partial charge in [0.25, 0.3) is 15.6 Å². The van der Waals surface area contributed by atoms with E-state index in [1.807, 2.05) is 0 Å². The van der Waals surface area contributed by atoms with Gasteiger partial charge in [-0.25, -0.2) is 23.0 Å². The molecular weight excluding hydrogens is 480 g/mol. The number of sulfonamides is 1. The van der Waals surface area contributed by atoms with Crippen LogP contribution in [0.1, 0.15) is 0 Å². The van der Waals surface area contributed by atoms with Crippen molar-refractivity contribution in [2.75, 3.05) is 17.6 Å². The molecule has 0 amide bonds. The van der Waals surface area contributed by atoms with Crippen LogP contribution in [0.5, 0.6) is 5.88 Å². The number of para-hydroxylation sites is 1. The number of nitrogens with two attached hydrogens (primary N) is 1. The molecule has 0 saturated heterocycles. The van der Waals surface area contributed by atoms with Crippen LogP contribution in [-0.4, -0.2) is 35.0 Å². The molecule has 0 fully saturated rings. The van der Waals surface area contributed by atoms with Crippen LogP contribution in [0.4, 0.5) is 11.6 Å². The highest BCUT2D eigenvalue weighted by Crippen LogP contribution is 2.30. The molecule has 0 unspecified atom stereocenters. The van der Waals surface area contributed by atoms with Gasteiger partial charge in [-0.2, -0.15) is 0 Å². The number of pyridine rings is 2. The predicted molar refractivity (Wildman–Crippen MR) is 137 cm³/mol. The number of aromatic nitrogens is 4. The molecular formula is C25H20N6O4S. The van der Waals surface area contributed by atoms with E-state index in [0.29, 0.717) is 33.4 Å². The molecule has 0 atom stereocenters. The van der Waals surface area contributed by atoms with Crippen molar-refractivity contribution >= 4 is 32.6 Å². The Kier molecular flexibility index (Phi) is 5.82. The Hall–Kier alpha value is -4.77. The fourth-order valence-electron chi connectivity index (χ4n) is 3.77. The number of rotatable bonds is 6. The summed E-state index contributed by atoms with van der Waals surface area (Å²) in [4.78, 5) is 25.8. The topological polar surface area (TPSA) is 142 Å². The van der Waals surface area contributed by atoms with Crippen molar-refractivity contribution in [3.63, 3.8) is 0 Å². The van der Waals surface area contributed by atoms with Crippen molar-refractivity contribution in [2.24, 2.45) is 0 Å². The van der Waals surface area contributed by atoms with Crippen LogP contribution in [0.15, 0.2) is 95.0 Å². The standard InChI is InChI=1S/C25H20N6O4S/c1-35-23-22(36(33,34)30-18-6-3-2-4-7-18)13-17(14-28-23)16-9-10-21-20(12-16)24(32)31(25(26)29-21)19-8-5-11-27-15-19/h2-15,30H,1H3,(H2,26,29). The Balaban J connectivity index is 1.63. The second kappa shape index (κ2) is 9.12. The van der Waals surface area contributed by atoms with E-state index < -0.39 is 10.0 Å². The van der Waals surface area contributed by atoms with Crippen molar-refractivity contribution in [2.45, 2.75) is 4.90 Å². The van der Waals surface area contributed by atoms with Crippen molar-refractivity contribution in [1.29, 1.82) is 0 Å². The summed E-state index contributed by atoms with van der Waals surface area (Å²) in [5.41, 5.74) is 7.99. The summed E-state index contributed by atoms with van der Waals surface area (Å²) >= 11 is 0. The molecule has 0 aliphatic carbocycles. The third-order valence-corrected chi connectivity index (χ3v) is 6.83. The number of nitrogens with one attached hydrogen (secondary N) is 1. The summed E-state index contributed by atoms with van der Waals surface area (Å²) < 4.78 is 35.3. The average molecular weight is 501 g/mol. The molecule has 0 aliphatic rings. The number of nitrogen functional groups attached to an aromatic ring is 1. The molecule has 36 heavy (non-hydrogen) atoms. The van der Waals surface area contributed by atoms with E-state index in [4.69, 9.17) is 10.5 Å². The number of ether oxygens (including phenoxy) is 1. The summed E-state index contributed by atoms with van der Waals surface area (Å²) in [6, 6.07) is 18.3. The van der Waals surface area contributed by atoms with E-state index in [9.17, 15) is 13.2 Å². The summed E-state index contributed by atoms with van der Waals surface area (Å²) in [5.74, 6) is -0.0314. The number of anilines is 2. The molecule has 3 heterocycles. The Morgan fingerprint density at radius 3 is 2.50 bits per heavy atom. The lowest BCUT2D eigenvalue weighted by Crippen LogP contribution is -2.23. The van der Waals surface area contributed by atoms with Crippen LogP contribution >= 0.6 is 0 Å². The Bertz CT molecular complexity index is 1740. The molecule has 10 nitrogen and oxygen atoms in total. The van der Waals surface area contributed by atoms with Gasteiger partial charge in [0, 0.05) is 23.6 Å². The molecule has 0 radical (unpaired) electrons. The van der Waals surface area contributed by atoms with Gasteiger partial charge in [0.2, 0.25) is 11.8 Å². The van der Waals surface area contributed by atoms with E-state index >= 15 is 0 Å². The second-order valence-corrected chi connectivity index (χ2v) is 9.41. The lowest BCUT2D eigenvalue weighted by atomic mass is 10.1. The lowest BCUT2D eigenvalue weighted by molar-refractivity contribution is 0.385. The smallest absolute Gasteiger partial charge is 0.267 e. The molecule has 0 aliphatic heterocycles. The monoisotopic (exact) mass is 500 g/mol. The minimum Gasteiger partial charge on any atom is -0.480 e. The molecule has 5 rings (SSSR count). The van der Waals surface area contributed by atoms with Gasteiger partial charge in [-0.15, -0.1) is 0 Å². The van der Waals surface area contributed by atoms with Crippen LogP contribution in [0, 0.1) is 0 Å². The summed E-state index contributed by atoms with van der Waals surface area (Å²) in [6.07, 6.45) is 4.58. The Morgan fingerprint density at radius 1 is 0.972 bits per heavy atom. The van der Waals surface area contributed by atoms with Crippen molar-refractivity contribution < 1.29 is 13.2 Å². The Morgan fingerprint density at radius 2 is 1.78 bits per heavy atom. The lowest BCUT2D eigenvalue weighted by Gasteiger charge is -2.13. The highest BCUT2D eigenvalue weighted by atomic mass is 32.2. The van der Waals surface area contributed by atoms with E-state index in [2.05, 4.69) is 19.7 Å². The van der Waals surface area contributed by atoms with Gasteiger partial charge in [0.1, 0.15) is 4.90 Å². The first-order valence-corrected chi connectivity index (χ1v) is 12.2. The fraction of sp³-hybridized carbons (Fsp3) is 0.0400. The van der Waals surface area contributed by atoms with Crippen LogP contribution in [0.25, 0.3) is 27.7 Å². The van der Waals surface area contributed by atoms with Crippen LogP contribution < -0.4 is 20.8 Å². The molecule has 11 heteroatoms. The minimum absolute atomic E-state index is 0.0275. The molecule has 3 N–H and O–H groups in total. The first kappa shape index (κ1) is 23.0. The van der Waals surface area contributed by atoms with Gasteiger partial charge in [-0.3, -0.25) is 14.5 Å². The summed E-state index contributed by atoms with van der Waals surface area (Å²) in [7, 11) is -2.68. The third-order valence-electron chi connectivity index (χ3n) is 5.46. The normalized spacial score (nSPS) is 11.4. The minimum atomic E-state index is -4.02. The van der Waals surface area contributed by atoms with Gasteiger partial charge >= 0.3 is 0 Å². The van der Waals surface area contributed by atoms with E-state index in [1.54, 1.807) is 66.9 Å². The fourth-order valence-corrected chi connectivity index (χ4v) is 4.97. The average Bonchev–Trinajstić information content (AvgIpc) is 2.89. The number of benzene rings is 2. The largest absolute Gasteiger partial charge is 0.480 e. The maximum absolute atomic E-state index is 13.3. The molecule has 0 saturated carbocycles. The molecule has 2 aromatic carbocycles. The third kappa shape index (κ3) is 4.23. The number of methoxy groups -OCH3 is 1. The van der Waals surface area contributed by atoms with Gasteiger partial charge in [-0.1, -0.05) is 24.3 Å². The van der Waals surface area contributed by atoms with Crippen LogP contribution in [-0.2, 0) is 10.0 Å². The van der Waals surface area contributed by atoms with E-state index in [0.717, 1.165) is 0 Å². The number of hydrogen-bond donors (Lipinski definition) is 2. The number of hydrogen-bond acceptors (Lipinski definition) is 8. The Labute approximate surface area is 206 Å². The van der Waals surface area contributed by atoms with Crippen molar-refractivity contribution in [1.82, 2.24) is 19.5 Å². The van der Waals surface area contributed by atoms with Crippen molar-refractivity contribution in [3.05, 3.63) is 95.7 Å². The van der Waals surface area contributed by atoms with Gasteiger partial charge < -0.3 is 10.5 Å². The maximum atomic E-state index is 13.3. The zero-order valence-corrected chi connectivity index (χ0v) is 19.8. The molecule has 5 aromatic rings. The molecule has 0 bridgehead atoms. The molecule has 0 spiro atoms. The predicted octanol–water partition coefficient (Wildman–Crippen LogP) is 3.23. The zero-order chi connectivity index (χ0) is 25.3. The first-order valence-electron chi connectivity index (χ1n) is 10.7. The maximum Gasteiger partial charge on any atom is 0.267 e.